The van der Waals surface area contributed by atoms with Gasteiger partial charge in [0.2, 0.25) is 10.0 Å². The smallest absolute Gasteiger partial charge is 0.246 e. The van der Waals surface area contributed by atoms with Crippen molar-refractivity contribution in [3.63, 3.8) is 0 Å². The van der Waals surface area contributed by atoms with Gasteiger partial charge in [0, 0.05) is 18.0 Å². The van der Waals surface area contributed by atoms with E-state index < -0.39 is 15.8 Å². The van der Waals surface area contributed by atoms with E-state index in [1.807, 2.05) is 11.4 Å². The molecule has 0 atom stereocenters. The third-order valence-corrected chi connectivity index (χ3v) is 6.45. The molecule has 0 aliphatic carbocycles. The molecule has 1 aliphatic heterocycles. The lowest BCUT2D eigenvalue weighted by atomic mass is 10.1. The molecule has 4 nitrogen and oxygen atoms in total. The van der Waals surface area contributed by atoms with Crippen LogP contribution in [-0.2, 0) is 29.6 Å². The van der Waals surface area contributed by atoms with Gasteiger partial charge in [-0.2, -0.15) is 4.31 Å². The molecule has 1 aromatic carbocycles. The average Bonchev–Trinajstić information content (AvgIpc) is 2.95. The van der Waals surface area contributed by atoms with Crippen LogP contribution in [0.4, 0.5) is 4.39 Å². The molecule has 0 fully saturated rings. The van der Waals surface area contributed by atoms with Crippen molar-refractivity contribution in [1.29, 1.82) is 0 Å². The minimum atomic E-state index is -3.89. The number of sulfonamides is 1. The molecule has 3 rings (SSSR count). The molecule has 21 heavy (non-hydrogen) atoms. The highest BCUT2D eigenvalue weighted by molar-refractivity contribution is 7.89. The van der Waals surface area contributed by atoms with Crippen molar-refractivity contribution < 1.29 is 17.9 Å². The van der Waals surface area contributed by atoms with Crippen LogP contribution in [0.5, 0.6) is 0 Å². The fourth-order valence-electron chi connectivity index (χ4n) is 2.41. The van der Waals surface area contributed by atoms with Crippen LogP contribution in [0.3, 0.4) is 0 Å². The summed E-state index contributed by atoms with van der Waals surface area (Å²) in [4.78, 5) is 0.818. The number of halogens is 1. The predicted molar refractivity (Wildman–Crippen MR) is 77.9 cm³/mol. The number of hydrogen-bond donors (Lipinski definition) is 1. The Morgan fingerprint density at radius 3 is 2.90 bits per heavy atom. The van der Waals surface area contributed by atoms with Crippen molar-refractivity contribution in [1.82, 2.24) is 4.31 Å². The molecule has 7 heteroatoms. The fraction of sp³-hybridized carbons (Fsp3) is 0.286. The van der Waals surface area contributed by atoms with Crippen molar-refractivity contribution in [2.45, 2.75) is 24.5 Å². The lowest BCUT2D eigenvalue weighted by Crippen LogP contribution is -2.35. The van der Waals surface area contributed by atoms with Crippen molar-refractivity contribution in [2.24, 2.45) is 0 Å². The Kier molecular flexibility index (Phi) is 3.83. The van der Waals surface area contributed by atoms with Gasteiger partial charge in [0.25, 0.3) is 0 Å². The number of rotatable bonds is 3. The van der Waals surface area contributed by atoms with Gasteiger partial charge in [-0.3, -0.25) is 0 Å². The highest BCUT2D eigenvalue weighted by atomic mass is 32.2. The van der Waals surface area contributed by atoms with Gasteiger partial charge in [-0.15, -0.1) is 11.3 Å². The molecule has 1 aromatic heterocycles. The number of benzene rings is 1. The first-order valence-corrected chi connectivity index (χ1v) is 8.79. The summed E-state index contributed by atoms with van der Waals surface area (Å²) < 4.78 is 40.4. The number of aliphatic hydroxyl groups excluding tert-OH is 1. The minimum Gasteiger partial charge on any atom is -0.392 e. The molecule has 2 aromatic rings. The zero-order chi connectivity index (χ0) is 15.0. The largest absolute Gasteiger partial charge is 0.392 e. The molecule has 0 saturated carbocycles. The van der Waals surface area contributed by atoms with E-state index in [2.05, 4.69) is 0 Å². The van der Waals surface area contributed by atoms with Crippen LogP contribution in [0.25, 0.3) is 0 Å². The van der Waals surface area contributed by atoms with Crippen molar-refractivity contribution in [3.05, 3.63) is 51.5 Å². The maximum atomic E-state index is 13.9. The summed E-state index contributed by atoms with van der Waals surface area (Å²) in [7, 11) is -3.89. The first kappa shape index (κ1) is 14.6. The van der Waals surface area contributed by atoms with E-state index in [4.69, 9.17) is 5.11 Å². The van der Waals surface area contributed by atoms with Gasteiger partial charge >= 0.3 is 0 Å². The van der Waals surface area contributed by atoms with Crippen LogP contribution < -0.4 is 0 Å². The quantitative estimate of drug-likeness (QED) is 0.939. The second-order valence-electron chi connectivity index (χ2n) is 4.88. The van der Waals surface area contributed by atoms with Gasteiger partial charge in [0.1, 0.15) is 10.7 Å². The van der Waals surface area contributed by atoms with E-state index in [1.54, 1.807) is 11.3 Å². The normalized spacial score (nSPS) is 15.9. The Balaban J connectivity index is 1.98. The Hall–Kier alpha value is -1.28. The predicted octanol–water partition coefficient (Wildman–Crippen LogP) is 2.13. The highest BCUT2D eigenvalue weighted by Gasteiger charge is 2.31. The molecule has 0 bridgehead atoms. The lowest BCUT2D eigenvalue weighted by Gasteiger charge is -2.26. The molecule has 0 unspecified atom stereocenters. The summed E-state index contributed by atoms with van der Waals surface area (Å²) >= 11 is 1.61. The third kappa shape index (κ3) is 2.62. The summed E-state index contributed by atoms with van der Waals surface area (Å²) in [6.07, 6.45) is 0.646. The van der Waals surface area contributed by atoms with Crippen molar-refractivity contribution >= 4 is 21.4 Å². The summed E-state index contributed by atoms with van der Waals surface area (Å²) in [5.74, 6) is -0.789. The van der Waals surface area contributed by atoms with E-state index in [0.717, 1.165) is 11.6 Å². The van der Waals surface area contributed by atoms with E-state index in [-0.39, 0.29) is 18.0 Å². The maximum absolute atomic E-state index is 13.9. The van der Waals surface area contributed by atoms with Gasteiger partial charge in [0.05, 0.1) is 6.61 Å². The molecular weight excluding hydrogens is 313 g/mol. The van der Waals surface area contributed by atoms with Crippen LogP contribution in [-0.4, -0.2) is 24.4 Å². The topological polar surface area (TPSA) is 57.6 Å². The standard InChI is InChI=1S/C14H14FNO3S2/c15-12-2-1-10(9-17)7-14(12)21(18,19)16-5-3-13-11(8-16)4-6-20-13/h1-2,4,6-7,17H,3,5,8-9H2. The zero-order valence-corrected chi connectivity index (χ0v) is 12.8. The Labute approximate surface area is 126 Å². The molecule has 112 valence electrons. The first-order valence-electron chi connectivity index (χ1n) is 6.47. The molecule has 1 aliphatic rings. The second-order valence-corrected chi connectivity index (χ2v) is 7.79. The van der Waals surface area contributed by atoms with Gasteiger partial charge in [-0.25, -0.2) is 12.8 Å². The van der Waals surface area contributed by atoms with E-state index in [1.165, 1.54) is 21.3 Å². The van der Waals surface area contributed by atoms with E-state index >= 15 is 0 Å². The van der Waals surface area contributed by atoms with Gasteiger partial charge in [-0.1, -0.05) is 6.07 Å². The summed E-state index contributed by atoms with van der Waals surface area (Å²) in [5, 5.41) is 11.0. The summed E-state index contributed by atoms with van der Waals surface area (Å²) in [6.45, 7) is 0.292. The number of nitrogens with zero attached hydrogens (tertiary/aromatic N) is 1. The summed E-state index contributed by atoms with van der Waals surface area (Å²) in [5.41, 5.74) is 1.36. The summed E-state index contributed by atoms with van der Waals surface area (Å²) in [6, 6.07) is 5.57. The molecular formula is C14H14FNO3S2. The first-order chi connectivity index (χ1) is 10.0. The SMILES string of the molecule is O=S(=O)(c1cc(CO)ccc1F)N1CCc2sccc2C1. The van der Waals surface area contributed by atoms with Crippen molar-refractivity contribution in [3.8, 4) is 0 Å². The van der Waals surface area contributed by atoms with E-state index in [9.17, 15) is 12.8 Å². The highest BCUT2D eigenvalue weighted by Crippen LogP contribution is 2.29. The van der Waals surface area contributed by atoms with Crippen LogP contribution >= 0.6 is 11.3 Å². The van der Waals surface area contributed by atoms with Crippen molar-refractivity contribution in [2.75, 3.05) is 6.54 Å². The fourth-order valence-corrected chi connectivity index (χ4v) is 4.83. The van der Waals surface area contributed by atoms with Gasteiger partial charge in [0.15, 0.2) is 0 Å². The average molecular weight is 327 g/mol. The minimum absolute atomic E-state index is 0.268. The molecule has 1 N–H and O–H groups in total. The molecule has 2 heterocycles. The number of thiophene rings is 1. The number of hydrogen-bond acceptors (Lipinski definition) is 4. The van der Waals surface area contributed by atoms with Crippen LogP contribution in [0.2, 0.25) is 0 Å². The number of fused-ring (bicyclic) bond motifs is 1. The van der Waals surface area contributed by atoms with Crippen LogP contribution in [0.15, 0.2) is 34.5 Å². The monoisotopic (exact) mass is 327 g/mol. The zero-order valence-electron chi connectivity index (χ0n) is 11.1. The molecule has 0 saturated heterocycles. The second kappa shape index (κ2) is 5.49. The lowest BCUT2D eigenvalue weighted by molar-refractivity contribution is 0.281. The number of aliphatic hydroxyl groups is 1. The Morgan fingerprint density at radius 2 is 2.14 bits per heavy atom. The Morgan fingerprint density at radius 1 is 1.33 bits per heavy atom. The van der Waals surface area contributed by atoms with Gasteiger partial charge in [-0.05, 0) is 41.1 Å². The Bertz CT molecular complexity index is 770. The van der Waals surface area contributed by atoms with Crippen LogP contribution in [0, 0.1) is 5.82 Å². The third-order valence-electron chi connectivity index (χ3n) is 3.57. The molecule has 0 amide bonds. The molecule has 0 spiro atoms. The van der Waals surface area contributed by atoms with Gasteiger partial charge < -0.3 is 5.11 Å². The van der Waals surface area contributed by atoms with Crippen LogP contribution in [0.1, 0.15) is 16.0 Å². The maximum Gasteiger partial charge on any atom is 0.246 e. The van der Waals surface area contributed by atoms with E-state index in [0.29, 0.717) is 18.5 Å². The molecule has 0 radical (unpaired) electrons.